The first-order chi connectivity index (χ1) is 10.1. The molecule has 0 radical (unpaired) electrons. The summed E-state index contributed by atoms with van der Waals surface area (Å²) >= 11 is 5.11. The van der Waals surface area contributed by atoms with Gasteiger partial charge in [0.15, 0.2) is 5.11 Å². The van der Waals surface area contributed by atoms with E-state index in [-0.39, 0.29) is 11.0 Å². The number of nitrogens with zero attached hydrogens (tertiary/aromatic N) is 1. The molecule has 0 saturated heterocycles. The highest BCUT2D eigenvalue weighted by atomic mass is 32.1. The fourth-order valence-corrected chi connectivity index (χ4v) is 2.00. The summed E-state index contributed by atoms with van der Waals surface area (Å²) in [6.07, 6.45) is 3.30. The van der Waals surface area contributed by atoms with E-state index in [1.807, 2.05) is 18.2 Å². The molecule has 1 aromatic heterocycles. The number of amides is 1. The molecule has 0 unspecified atom stereocenters. The summed E-state index contributed by atoms with van der Waals surface area (Å²) in [6, 6.07) is 11.1. The van der Waals surface area contributed by atoms with Crippen LogP contribution in [0.15, 0.2) is 48.8 Å². The Hall–Kier alpha value is -2.27. The van der Waals surface area contributed by atoms with E-state index in [1.54, 1.807) is 30.6 Å². The van der Waals surface area contributed by atoms with E-state index in [9.17, 15) is 4.79 Å². The van der Waals surface area contributed by atoms with Crippen molar-refractivity contribution >= 4 is 28.9 Å². The largest absolute Gasteiger partial charge is 0.331 e. The number of hydrogen-bond acceptors (Lipinski definition) is 3. The van der Waals surface area contributed by atoms with Gasteiger partial charge in [0, 0.05) is 11.8 Å². The molecule has 0 aliphatic rings. The Bertz CT molecular complexity index is 624. The normalized spacial score (nSPS) is 10.2. The van der Waals surface area contributed by atoms with Crippen molar-refractivity contribution in [3.8, 4) is 0 Å². The standard InChI is InChI=1S/C16H17N3OS/c1-11(2)12-5-7-13(8-6-12)15(20)19-16(21)18-14-4-3-9-17-10-14/h3-11H,1-2H3,(H2,18,19,20,21). The van der Waals surface area contributed by atoms with Gasteiger partial charge in [-0.1, -0.05) is 26.0 Å². The Morgan fingerprint density at radius 2 is 1.90 bits per heavy atom. The summed E-state index contributed by atoms with van der Waals surface area (Å²) in [5.41, 5.74) is 2.51. The van der Waals surface area contributed by atoms with E-state index in [2.05, 4.69) is 29.5 Å². The van der Waals surface area contributed by atoms with Gasteiger partial charge in [0.05, 0.1) is 11.9 Å². The van der Waals surface area contributed by atoms with E-state index >= 15 is 0 Å². The second-order valence-electron chi connectivity index (χ2n) is 4.93. The summed E-state index contributed by atoms with van der Waals surface area (Å²) in [5, 5.41) is 5.81. The lowest BCUT2D eigenvalue weighted by Crippen LogP contribution is -2.34. The molecule has 0 bridgehead atoms. The number of carbonyl (C=O) groups excluding carboxylic acids is 1. The van der Waals surface area contributed by atoms with Crippen LogP contribution in [0, 0.1) is 0 Å². The number of anilines is 1. The Kier molecular flexibility index (Phi) is 5.00. The Morgan fingerprint density at radius 3 is 2.48 bits per heavy atom. The summed E-state index contributed by atoms with van der Waals surface area (Å²) in [7, 11) is 0. The molecule has 0 aliphatic heterocycles. The van der Waals surface area contributed by atoms with Crippen molar-refractivity contribution in [2.75, 3.05) is 5.32 Å². The van der Waals surface area contributed by atoms with Crippen molar-refractivity contribution in [3.63, 3.8) is 0 Å². The van der Waals surface area contributed by atoms with Crippen LogP contribution in [0.1, 0.15) is 35.7 Å². The fourth-order valence-electron chi connectivity index (χ4n) is 1.79. The van der Waals surface area contributed by atoms with Crippen LogP contribution in [-0.4, -0.2) is 16.0 Å². The zero-order valence-corrected chi connectivity index (χ0v) is 12.8. The first kappa shape index (κ1) is 15.1. The van der Waals surface area contributed by atoms with Gasteiger partial charge in [-0.3, -0.25) is 15.1 Å². The van der Waals surface area contributed by atoms with Crippen molar-refractivity contribution in [2.45, 2.75) is 19.8 Å². The molecule has 0 fully saturated rings. The number of hydrogen-bond donors (Lipinski definition) is 2. The van der Waals surface area contributed by atoms with E-state index in [1.165, 1.54) is 5.56 Å². The Labute approximate surface area is 129 Å². The predicted molar refractivity (Wildman–Crippen MR) is 88.5 cm³/mol. The van der Waals surface area contributed by atoms with Gasteiger partial charge in [0.1, 0.15) is 0 Å². The van der Waals surface area contributed by atoms with Gasteiger partial charge in [0.25, 0.3) is 5.91 Å². The summed E-state index contributed by atoms with van der Waals surface area (Å²) in [6.45, 7) is 4.23. The molecule has 0 saturated carbocycles. The third-order valence-electron chi connectivity index (χ3n) is 2.99. The van der Waals surface area contributed by atoms with Crippen molar-refractivity contribution in [2.24, 2.45) is 0 Å². The molecule has 1 amide bonds. The number of pyridine rings is 1. The van der Waals surface area contributed by atoms with E-state index in [0.717, 1.165) is 5.69 Å². The first-order valence-electron chi connectivity index (χ1n) is 6.68. The third-order valence-corrected chi connectivity index (χ3v) is 3.19. The molecule has 21 heavy (non-hydrogen) atoms. The van der Waals surface area contributed by atoms with Crippen LogP contribution < -0.4 is 10.6 Å². The van der Waals surface area contributed by atoms with Gasteiger partial charge in [-0.05, 0) is 48.0 Å². The van der Waals surface area contributed by atoms with Gasteiger partial charge < -0.3 is 5.32 Å². The zero-order chi connectivity index (χ0) is 15.2. The number of rotatable bonds is 3. The lowest BCUT2D eigenvalue weighted by molar-refractivity contribution is 0.0977. The van der Waals surface area contributed by atoms with E-state index in [4.69, 9.17) is 12.2 Å². The second kappa shape index (κ2) is 6.95. The first-order valence-corrected chi connectivity index (χ1v) is 7.09. The van der Waals surface area contributed by atoms with Crippen LogP contribution in [0.2, 0.25) is 0 Å². The predicted octanol–water partition coefficient (Wildman–Crippen LogP) is 3.33. The van der Waals surface area contributed by atoms with Gasteiger partial charge >= 0.3 is 0 Å². The van der Waals surface area contributed by atoms with Gasteiger partial charge in [-0.15, -0.1) is 0 Å². The minimum Gasteiger partial charge on any atom is -0.331 e. The molecular formula is C16H17N3OS. The molecule has 5 heteroatoms. The van der Waals surface area contributed by atoms with E-state index < -0.39 is 0 Å². The summed E-state index contributed by atoms with van der Waals surface area (Å²) in [4.78, 5) is 16.0. The maximum absolute atomic E-state index is 12.1. The van der Waals surface area contributed by atoms with Crippen LogP contribution in [0.25, 0.3) is 0 Å². The summed E-state index contributed by atoms with van der Waals surface area (Å²) in [5.74, 6) is 0.210. The monoisotopic (exact) mass is 299 g/mol. The average molecular weight is 299 g/mol. The SMILES string of the molecule is CC(C)c1ccc(C(=O)NC(=S)Nc2cccnc2)cc1. The van der Waals surface area contributed by atoms with Crippen LogP contribution >= 0.6 is 12.2 Å². The molecule has 2 N–H and O–H groups in total. The fraction of sp³-hybridized carbons (Fsp3) is 0.188. The maximum atomic E-state index is 12.1. The molecule has 1 aromatic carbocycles. The Morgan fingerprint density at radius 1 is 1.19 bits per heavy atom. The lowest BCUT2D eigenvalue weighted by atomic mass is 10.0. The molecule has 2 rings (SSSR count). The number of nitrogens with one attached hydrogen (secondary N) is 2. The van der Waals surface area contributed by atoms with E-state index in [0.29, 0.717) is 11.5 Å². The molecule has 2 aromatic rings. The third kappa shape index (κ3) is 4.36. The van der Waals surface area contributed by atoms with Gasteiger partial charge in [-0.2, -0.15) is 0 Å². The lowest BCUT2D eigenvalue weighted by Gasteiger charge is -2.10. The minimum atomic E-state index is -0.230. The molecule has 0 aliphatic carbocycles. The topological polar surface area (TPSA) is 54.0 Å². The molecule has 0 atom stereocenters. The van der Waals surface area contributed by atoms with Crippen LogP contribution in [-0.2, 0) is 0 Å². The van der Waals surface area contributed by atoms with Gasteiger partial charge in [-0.25, -0.2) is 0 Å². The molecule has 0 spiro atoms. The quantitative estimate of drug-likeness (QED) is 0.854. The van der Waals surface area contributed by atoms with Crippen molar-refractivity contribution < 1.29 is 4.79 Å². The zero-order valence-electron chi connectivity index (χ0n) is 12.0. The van der Waals surface area contributed by atoms with Gasteiger partial charge in [0.2, 0.25) is 0 Å². The highest BCUT2D eigenvalue weighted by molar-refractivity contribution is 7.80. The number of benzene rings is 1. The average Bonchev–Trinajstić information content (AvgIpc) is 2.48. The molecule has 1 heterocycles. The number of carbonyl (C=O) groups is 1. The van der Waals surface area contributed by atoms with Crippen LogP contribution in [0.3, 0.4) is 0 Å². The highest BCUT2D eigenvalue weighted by Gasteiger charge is 2.08. The van der Waals surface area contributed by atoms with Crippen LogP contribution in [0.4, 0.5) is 5.69 Å². The number of aromatic nitrogens is 1. The minimum absolute atomic E-state index is 0.230. The smallest absolute Gasteiger partial charge is 0.257 e. The van der Waals surface area contributed by atoms with Crippen molar-refractivity contribution in [1.82, 2.24) is 10.3 Å². The second-order valence-corrected chi connectivity index (χ2v) is 5.33. The molecule has 108 valence electrons. The number of thiocarbonyl (C=S) groups is 1. The Balaban J connectivity index is 1.96. The molecular weight excluding hydrogens is 282 g/mol. The van der Waals surface area contributed by atoms with Crippen molar-refractivity contribution in [3.05, 3.63) is 59.9 Å². The maximum Gasteiger partial charge on any atom is 0.257 e. The summed E-state index contributed by atoms with van der Waals surface area (Å²) < 4.78 is 0. The van der Waals surface area contributed by atoms with Crippen LogP contribution in [0.5, 0.6) is 0 Å². The van der Waals surface area contributed by atoms with Crippen molar-refractivity contribution in [1.29, 1.82) is 0 Å². The highest BCUT2D eigenvalue weighted by Crippen LogP contribution is 2.14. The molecule has 4 nitrogen and oxygen atoms in total.